The van der Waals surface area contributed by atoms with Gasteiger partial charge in [-0.1, -0.05) is 0 Å². The van der Waals surface area contributed by atoms with Gasteiger partial charge in [-0.05, 0) is 62.1 Å². The zero-order chi connectivity index (χ0) is 19.2. The molecule has 3 rings (SSSR count). The summed E-state index contributed by atoms with van der Waals surface area (Å²) in [5.41, 5.74) is 1.16. The molecule has 1 aliphatic carbocycles. The SMILES string of the molecule is O=C(Nc1ccc(NC(=O)c2ccco2)cc1)NC1CCC(C(=O)O)CC1. The Balaban J connectivity index is 1.46. The van der Waals surface area contributed by atoms with Gasteiger partial charge in [0, 0.05) is 17.4 Å². The highest BCUT2D eigenvalue weighted by Crippen LogP contribution is 2.24. The van der Waals surface area contributed by atoms with E-state index in [0.717, 1.165) is 0 Å². The van der Waals surface area contributed by atoms with Crippen molar-refractivity contribution in [3.05, 3.63) is 48.4 Å². The van der Waals surface area contributed by atoms with Crippen LogP contribution in [0.2, 0.25) is 0 Å². The van der Waals surface area contributed by atoms with Crippen molar-refractivity contribution in [2.24, 2.45) is 5.92 Å². The minimum atomic E-state index is -0.767. The number of carboxylic acids is 1. The van der Waals surface area contributed by atoms with Crippen molar-refractivity contribution in [3.63, 3.8) is 0 Å². The number of furan rings is 1. The zero-order valence-corrected chi connectivity index (χ0v) is 14.6. The van der Waals surface area contributed by atoms with Crippen LogP contribution in [0.4, 0.5) is 16.2 Å². The predicted molar refractivity (Wildman–Crippen MR) is 98.6 cm³/mol. The first-order chi connectivity index (χ1) is 13.0. The average molecular weight is 371 g/mol. The van der Waals surface area contributed by atoms with Gasteiger partial charge in [-0.2, -0.15) is 0 Å². The number of anilines is 2. The maximum absolute atomic E-state index is 12.1. The largest absolute Gasteiger partial charge is 0.481 e. The van der Waals surface area contributed by atoms with Crippen molar-refractivity contribution in [2.75, 3.05) is 10.6 Å². The first-order valence-electron chi connectivity index (χ1n) is 8.76. The van der Waals surface area contributed by atoms with E-state index < -0.39 is 5.97 Å². The van der Waals surface area contributed by atoms with Crippen LogP contribution in [0.1, 0.15) is 36.2 Å². The predicted octanol–water partition coefficient (Wildman–Crippen LogP) is 3.30. The number of rotatable bonds is 5. The number of urea groups is 1. The molecule has 0 saturated heterocycles. The molecular weight excluding hydrogens is 350 g/mol. The van der Waals surface area contributed by atoms with Crippen LogP contribution >= 0.6 is 0 Å². The highest BCUT2D eigenvalue weighted by atomic mass is 16.4. The van der Waals surface area contributed by atoms with Crippen LogP contribution < -0.4 is 16.0 Å². The topological polar surface area (TPSA) is 121 Å². The van der Waals surface area contributed by atoms with Crippen LogP contribution in [-0.4, -0.2) is 29.1 Å². The fourth-order valence-electron chi connectivity index (χ4n) is 3.07. The molecule has 0 atom stereocenters. The Bertz CT molecular complexity index is 793. The van der Waals surface area contributed by atoms with Crippen LogP contribution in [0.5, 0.6) is 0 Å². The Morgan fingerprint density at radius 2 is 1.56 bits per heavy atom. The number of hydrogen-bond donors (Lipinski definition) is 4. The zero-order valence-electron chi connectivity index (χ0n) is 14.6. The van der Waals surface area contributed by atoms with E-state index in [1.54, 1.807) is 36.4 Å². The Morgan fingerprint density at radius 3 is 2.11 bits per heavy atom. The normalized spacial score (nSPS) is 19.1. The standard InChI is InChI=1S/C19H21N3O5/c23-17(16-2-1-11-27-16)20-13-7-9-15(10-8-13)22-19(26)21-14-5-3-12(4-6-14)18(24)25/h1-2,7-12,14H,3-6H2,(H,20,23)(H,24,25)(H2,21,22,26). The summed E-state index contributed by atoms with van der Waals surface area (Å²) in [4.78, 5) is 35.0. The van der Waals surface area contributed by atoms with Crippen LogP contribution in [0, 0.1) is 5.92 Å². The number of carboxylic acid groups (broad SMARTS) is 1. The third-order valence-electron chi connectivity index (χ3n) is 4.56. The molecule has 4 N–H and O–H groups in total. The van der Waals surface area contributed by atoms with Gasteiger partial charge in [0.1, 0.15) is 0 Å². The minimum absolute atomic E-state index is 0.0209. The summed E-state index contributed by atoms with van der Waals surface area (Å²) in [6, 6.07) is 9.56. The third kappa shape index (κ3) is 5.10. The molecular formula is C19H21N3O5. The molecule has 1 aliphatic rings. The minimum Gasteiger partial charge on any atom is -0.481 e. The number of hydrogen-bond acceptors (Lipinski definition) is 4. The van der Waals surface area contributed by atoms with Gasteiger partial charge in [0.05, 0.1) is 12.2 Å². The van der Waals surface area contributed by atoms with Crippen molar-refractivity contribution >= 4 is 29.3 Å². The number of amides is 3. The molecule has 27 heavy (non-hydrogen) atoms. The highest BCUT2D eigenvalue weighted by molar-refractivity contribution is 6.02. The number of aliphatic carboxylic acids is 1. The fourth-order valence-corrected chi connectivity index (χ4v) is 3.07. The molecule has 8 nitrogen and oxygen atoms in total. The van der Waals surface area contributed by atoms with E-state index in [9.17, 15) is 14.4 Å². The fraction of sp³-hybridized carbons (Fsp3) is 0.316. The second kappa shape index (κ2) is 8.39. The molecule has 0 aliphatic heterocycles. The quantitative estimate of drug-likeness (QED) is 0.643. The molecule has 3 amide bonds. The van der Waals surface area contributed by atoms with Gasteiger partial charge >= 0.3 is 12.0 Å². The lowest BCUT2D eigenvalue weighted by atomic mass is 9.86. The van der Waals surface area contributed by atoms with Gasteiger partial charge < -0.3 is 25.5 Å². The molecule has 1 saturated carbocycles. The highest BCUT2D eigenvalue weighted by Gasteiger charge is 2.26. The molecule has 0 spiro atoms. The van der Waals surface area contributed by atoms with Crippen LogP contribution in [-0.2, 0) is 4.79 Å². The number of carbonyl (C=O) groups excluding carboxylic acids is 2. The van der Waals surface area contributed by atoms with E-state index in [2.05, 4.69) is 16.0 Å². The Hall–Kier alpha value is -3.29. The van der Waals surface area contributed by atoms with Crippen molar-refractivity contribution in [2.45, 2.75) is 31.7 Å². The Labute approximate surface area is 155 Å². The van der Waals surface area contributed by atoms with Gasteiger partial charge in [-0.25, -0.2) is 4.79 Å². The molecule has 142 valence electrons. The third-order valence-corrected chi connectivity index (χ3v) is 4.56. The molecule has 1 heterocycles. The first kappa shape index (κ1) is 18.5. The molecule has 1 fully saturated rings. The van der Waals surface area contributed by atoms with Crippen molar-refractivity contribution in [1.82, 2.24) is 5.32 Å². The molecule has 0 radical (unpaired) electrons. The Morgan fingerprint density at radius 1 is 0.926 bits per heavy atom. The van der Waals surface area contributed by atoms with E-state index in [1.807, 2.05) is 0 Å². The van der Waals surface area contributed by atoms with E-state index >= 15 is 0 Å². The summed E-state index contributed by atoms with van der Waals surface area (Å²) < 4.78 is 5.03. The number of nitrogens with one attached hydrogen (secondary N) is 3. The molecule has 2 aromatic rings. The summed E-state index contributed by atoms with van der Waals surface area (Å²) in [5.74, 6) is -1.21. The maximum Gasteiger partial charge on any atom is 0.319 e. The van der Waals surface area contributed by atoms with Crippen LogP contribution in [0.25, 0.3) is 0 Å². The number of carbonyl (C=O) groups is 3. The summed E-state index contributed by atoms with van der Waals surface area (Å²) >= 11 is 0. The average Bonchev–Trinajstić information content (AvgIpc) is 3.18. The maximum atomic E-state index is 12.1. The second-order valence-electron chi connectivity index (χ2n) is 6.49. The molecule has 1 aromatic heterocycles. The molecule has 0 bridgehead atoms. The first-order valence-corrected chi connectivity index (χ1v) is 8.76. The summed E-state index contributed by atoms with van der Waals surface area (Å²) in [5, 5.41) is 17.3. The molecule has 0 unspecified atom stereocenters. The van der Waals surface area contributed by atoms with Gasteiger partial charge in [0.15, 0.2) is 5.76 Å². The van der Waals surface area contributed by atoms with E-state index in [0.29, 0.717) is 37.1 Å². The second-order valence-corrected chi connectivity index (χ2v) is 6.49. The van der Waals surface area contributed by atoms with Gasteiger partial charge in [-0.15, -0.1) is 0 Å². The lowest BCUT2D eigenvalue weighted by molar-refractivity contribution is -0.142. The van der Waals surface area contributed by atoms with Gasteiger partial charge in [0.2, 0.25) is 0 Å². The van der Waals surface area contributed by atoms with Crippen LogP contribution in [0.3, 0.4) is 0 Å². The van der Waals surface area contributed by atoms with Crippen molar-refractivity contribution in [1.29, 1.82) is 0 Å². The monoisotopic (exact) mass is 371 g/mol. The lowest BCUT2D eigenvalue weighted by Gasteiger charge is -2.26. The molecule has 1 aromatic carbocycles. The van der Waals surface area contributed by atoms with E-state index in [-0.39, 0.29) is 29.7 Å². The number of benzene rings is 1. The van der Waals surface area contributed by atoms with Crippen LogP contribution in [0.15, 0.2) is 47.1 Å². The Kier molecular flexibility index (Phi) is 5.75. The van der Waals surface area contributed by atoms with Crippen molar-refractivity contribution in [3.8, 4) is 0 Å². The van der Waals surface area contributed by atoms with E-state index in [1.165, 1.54) is 6.26 Å². The van der Waals surface area contributed by atoms with Crippen molar-refractivity contribution < 1.29 is 23.9 Å². The smallest absolute Gasteiger partial charge is 0.319 e. The lowest BCUT2D eigenvalue weighted by Crippen LogP contribution is -2.40. The van der Waals surface area contributed by atoms with Gasteiger partial charge in [-0.3, -0.25) is 9.59 Å². The summed E-state index contributed by atoms with van der Waals surface area (Å²) in [7, 11) is 0. The van der Waals surface area contributed by atoms with Gasteiger partial charge in [0.25, 0.3) is 5.91 Å². The summed E-state index contributed by atoms with van der Waals surface area (Å²) in [6.07, 6.45) is 3.88. The van der Waals surface area contributed by atoms with E-state index in [4.69, 9.17) is 9.52 Å². The molecule has 8 heteroatoms. The summed E-state index contributed by atoms with van der Waals surface area (Å²) in [6.45, 7) is 0.